The van der Waals surface area contributed by atoms with Crippen LogP contribution in [0.5, 0.6) is 5.75 Å². The molecule has 2 rings (SSSR count). The zero-order valence-corrected chi connectivity index (χ0v) is 12.7. The summed E-state index contributed by atoms with van der Waals surface area (Å²) in [7, 11) is 0. The van der Waals surface area contributed by atoms with E-state index < -0.39 is 6.10 Å². The first-order valence-electron chi connectivity index (χ1n) is 6.45. The molecule has 0 spiro atoms. The van der Waals surface area contributed by atoms with Crippen LogP contribution in [0.25, 0.3) is 0 Å². The average molecular weight is 311 g/mol. The Balaban J connectivity index is 2.02. The first-order valence-corrected chi connectivity index (χ1v) is 7.20. The molecule has 0 radical (unpaired) electrons. The Morgan fingerprint density at radius 2 is 1.80 bits per heavy atom. The zero-order chi connectivity index (χ0) is 14.5. The van der Waals surface area contributed by atoms with Crippen molar-refractivity contribution in [1.82, 2.24) is 0 Å². The lowest BCUT2D eigenvalue weighted by Crippen LogP contribution is -1.98. The van der Waals surface area contributed by atoms with Crippen molar-refractivity contribution >= 4 is 23.2 Å². The molecule has 2 aromatic rings. The number of aliphatic hydroxyl groups is 1. The number of benzene rings is 2. The highest BCUT2D eigenvalue weighted by Crippen LogP contribution is 2.24. The molecule has 2 nitrogen and oxygen atoms in total. The van der Waals surface area contributed by atoms with Crippen molar-refractivity contribution in [3.63, 3.8) is 0 Å². The van der Waals surface area contributed by atoms with Crippen molar-refractivity contribution < 1.29 is 9.84 Å². The van der Waals surface area contributed by atoms with Crippen molar-refractivity contribution in [1.29, 1.82) is 0 Å². The van der Waals surface area contributed by atoms with Gasteiger partial charge in [-0.15, -0.1) is 0 Å². The van der Waals surface area contributed by atoms with Gasteiger partial charge in [0.2, 0.25) is 0 Å². The quantitative estimate of drug-likeness (QED) is 0.840. The van der Waals surface area contributed by atoms with Gasteiger partial charge in [0.15, 0.2) is 0 Å². The van der Waals surface area contributed by atoms with Crippen molar-refractivity contribution in [2.75, 3.05) is 0 Å². The Morgan fingerprint density at radius 1 is 1.10 bits per heavy atom. The van der Waals surface area contributed by atoms with Gasteiger partial charge in [-0.3, -0.25) is 0 Å². The van der Waals surface area contributed by atoms with Gasteiger partial charge in [0.05, 0.1) is 6.10 Å². The highest BCUT2D eigenvalue weighted by molar-refractivity contribution is 6.33. The molecule has 0 aliphatic carbocycles. The zero-order valence-electron chi connectivity index (χ0n) is 11.1. The Hall–Kier alpha value is -1.22. The van der Waals surface area contributed by atoms with Gasteiger partial charge >= 0.3 is 0 Å². The fourth-order valence-electron chi connectivity index (χ4n) is 1.84. The lowest BCUT2D eigenvalue weighted by atomic mass is 10.1. The minimum Gasteiger partial charge on any atom is -0.489 e. The molecule has 0 aliphatic rings. The van der Waals surface area contributed by atoms with E-state index in [0.717, 1.165) is 16.9 Å². The van der Waals surface area contributed by atoms with Crippen LogP contribution in [0.2, 0.25) is 10.0 Å². The summed E-state index contributed by atoms with van der Waals surface area (Å²) in [4.78, 5) is 0. The number of rotatable bonds is 5. The standard InChI is InChI=1S/C16H16Cl2O2/c1-2-16(19)11-3-6-14(7-4-11)20-10-12-9-13(17)5-8-15(12)18/h3-9,16,19H,2,10H2,1H3. The van der Waals surface area contributed by atoms with E-state index in [4.69, 9.17) is 27.9 Å². The monoisotopic (exact) mass is 310 g/mol. The Kier molecular flexibility index (Phi) is 5.30. The van der Waals surface area contributed by atoms with Gasteiger partial charge in [0.25, 0.3) is 0 Å². The fraction of sp³-hybridized carbons (Fsp3) is 0.250. The van der Waals surface area contributed by atoms with Crippen LogP contribution >= 0.6 is 23.2 Å². The van der Waals surface area contributed by atoms with Gasteiger partial charge in [-0.25, -0.2) is 0 Å². The summed E-state index contributed by atoms with van der Waals surface area (Å²) in [6.07, 6.45) is 0.268. The summed E-state index contributed by atoms with van der Waals surface area (Å²) >= 11 is 12.0. The second kappa shape index (κ2) is 6.98. The second-order valence-corrected chi connectivity index (χ2v) is 5.36. The largest absolute Gasteiger partial charge is 0.489 e. The lowest BCUT2D eigenvalue weighted by Gasteiger charge is -2.11. The van der Waals surface area contributed by atoms with Crippen LogP contribution in [-0.2, 0) is 6.61 Å². The maximum atomic E-state index is 9.72. The lowest BCUT2D eigenvalue weighted by molar-refractivity contribution is 0.173. The number of hydrogen-bond donors (Lipinski definition) is 1. The highest BCUT2D eigenvalue weighted by Gasteiger charge is 2.06. The van der Waals surface area contributed by atoms with Crippen molar-refractivity contribution in [3.05, 3.63) is 63.6 Å². The minimum atomic E-state index is -0.425. The van der Waals surface area contributed by atoms with Gasteiger partial charge in [-0.2, -0.15) is 0 Å². The molecule has 1 unspecified atom stereocenters. The number of ether oxygens (including phenoxy) is 1. The number of halogens is 2. The molecule has 0 amide bonds. The molecule has 2 aromatic carbocycles. The molecule has 1 atom stereocenters. The molecule has 0 bridgehead atoms. The van der Waals surface area contributed by atoms with Crippen LogP contribution in [0.4, 0.5) is 0 Å². The molecule has 0 saturated carbocycles. The van der Waals surface area contributed by atoms with Crippen molar-refractivity contribution in [2.24, 2.45) is 0 Å². The number of aliphatic hydroxyl groups excluding tert-OH is 1. The summed E-state index contributed by atoms with van der Waals surface area (Å²) < 4.78 is 5.67. The van der Waals surface area contributed by atoms with Crippen LogP contribution in [0.15, 0.2) is 42.5 Å². The molecule has 0 saturated heterocycles. The molecule has 0 fully saturated rings. The van der Waals surface area contributed by atoms with Gasteiger partial charge < -0.3 is 9.84 Å². The predicted octanol–water partition coefficient (Wildman–Crippen LogP) is 5.02. The minimum absolute atomic E-state index is 0.356. The molecule has 4 heteroatoms. The smallest absolute Gasteiger partial charge is 0.119 e. The molecule has 0 heterocycles. The van der Waals surface area contributed by atoms with E-state index in [1.165, 1.54) is 0 Å². The van der Waals surface area contributed by atoms with E-state index in [2.05, 4.69) is 0 Å². The maximum Gasteiger partial charge on any atom is 0.119 e. The van der Waals surface area contributed by atoms with E-state index in [0.29, 0.717) is 23.1 Å². The van der Waals surface area contributed by atoms with Gasteiger partial charge in [0, 0.05) is 15.6 Å². The van der Waals surface area contributed by atoms with E-state index >= 15 is 0 Å². The van der Waals surface area contributed by atoms with Gasteiger partial charge in [-0.05, 0) is 42.3 Å². The Bertz CT molecular complexity index is 567. The van der Waals surface area contributed by atoms with Crippen LogP contribution < -0.4 is 4.74 Å². The maximum absolute atomic E-state index is 9.72. The molecule has 0 aromatic heterocycles. The summed E-state index contributed by atoms with van der Waals surface area (Å²) in [5.41, 5.74) is 1.73. The first-order chi connectivity index (χ1) is 9.60. The Labute approximate surface area is 128 Å². The predicted molar refractivity (Wildman–Crippen MR) is 82.5 cm³/mol. The van der Waals surface area contributed by atoms with Crippen LogP contribution in [-0.4, -0.2) is 5.11 Å². The average Bonchev–Trinajstić information content (AvgIpc) is 2.48. The third-order valence-electron chi connectivity index (χ3n) is 3.05. The third-order valence-corrected chi connectivity index (χ3v) is 3.66. The third kappa shape index (κ3) is 3.89. The molecule has 20 heavy (non-hydrogen) atoms. The summed E-state index contributed by atoms with van der Waals surface area (Å²) in [6.45, 7) is 2.30. The Morgan fingerprint density at radius 3 is 2.45 bits per heavy atom. The van der Waals surface area contributed by atoms with Crippen LogP contribution in [0.3, 0.4) is 0 Å². The SMILES string of the molecule is CCC(O)c1ccc(OCc2cc(Cl)ccc2Cl)cc1. The topological polar surface area (TPSA) is 29.5 Å². The fourth-order valence-corrected chi connectivity index (χ4v) is 2.20. The molecule has 1 N–H and O–H groups in total. The van der Waals surface area contributed by atoms with E-state index in [9.17, 15) is 5.11 Å². The summed E-state index contributed by atoms with van der Waals surface area (Å²) in [5.74, 6) is 0.730. The summed E-state index contributed by atoms with van der Waals surface area (Å²) in [6, 6.07) is 12.7. The molecular formula is C16H16Cl2O2. The molecule has 0 aliphatic heterocycles. The normalized spacial score (nSPS) is 12.2. The van der Waals surface area contributed by atoms with Crippen LogP contribution in [0, 0.1) is 0 Å². The van der Waals surface area contributed by atoms with E-state index in [-0.39, 0.29) is 0 Å². The van der Waals surface area contributed by atoms with E-state index in [1.54, 1.807) is 18.2 Å². The first kappa shape index (κ1) is 15.2. The molecule has 106 valence electrons. The van der Waals surface area contributed by atoms with Gasteiger partial charge in [0.1, 0.15) is 12.4 Å². The number of hydrogen-bond acceptors (Lipinski definition) is 2. The van der Waals surface area contributed by atoms with Crippen molar-refractivity contribution in [2.45, 2.75) is 26.1 Å². The summed E-state index contributed by atoms with van der Waals surface area (Å²) in [5, 5.41) is 11.0. The molecular weight excluding hydrogens is 295 g/mol. The van der Waals surface area contributed by atoms with E-state index in [1.807, 2.05) is 31.2 Å². The van der Waals surface area contributed by atoms with Gasteiger partial charge in [-0.1, -0.05) is 42.3 Å². The van der Waals surface area contributed by atoms with Crippen LogP contribution in [0.1, 0.15) is 30.6 Å². The highest BCUT2D eigenvalue weighted by atomic mass is 35.5. The second-order valence-electron chi connectivity index (χ2n) is 4.52. The van der Waals surface area contributed by atoms with Crippen molar-refractivity contribution in [3.8, 4) is 5.75 Å².